The standard InChI is InChI=1S/C19H20N8/c1-13(2)27-12-23-15-16(22-11-14-7-4-3-5-8-14)24-19(25-17(15)27)26-18-20-9-6-10-21-18/h3-10,12-13H,11H2,1-2H3,(H2,20,21,22,24,25,26). The molecule has 2 N–H and O–H groups in total. The molecule has 0 saturated heterocycles. The third kappa shape index (κ3) is 3.69. The summed E-state index contributed by atoms with van der Waals surface area (Å²) >= 11 is 0. The van der Waals surface area contributed by atoms with Gasteiger partial charge in [-0.2, -0.15) is 9.97 Å². The molecule has 3 heterocycles. The summed E-state index contributed by atoms with van der Waals surface area (Å²) in [6.45, 7) is 4.82. The van der Waals surface area contributed by atoms with Crippen LogP contribution in [-0.2, 0) is 6.54 Å². The van der Waals surface area contributed by atoms with Crippen LogP contribution in [0.25, 0.3) is 11.2 Å². The normalized spacial score (nSPS) is 11.1. The molecule has 4 rings (SSSR count). The van der Waals surface area contributed by atoms with Gasteiger partial charge in [0.05, 0.1) is 6.33 Å². The van der Waals surface area contributed by atoms with Crippen molar-refractivity contribution in [3.05, 3.63) is 60.7 Å². The minimum atomic E-state index is 0.229. The van der Waals surface area contributed by atoms with Gasteiger partial charge in [0, 0.05) is 25.0 Å². The van der Waals surface area contributed by atoms with Gasteiger partial charge in [0.15, 0.2) is 17.0 Å². The van der Waals surface area contributed by atoms with E-state index in [2.05, 4.69) is 61.5 Å². The summed E-state index contributed by atoms with van der Waals surface area (Å²) < 4.78 is 2.02. The molecule has 0 spiro atoms. The molecular formula is C19H20N8. The predicted octanol–water partition coefficient (Wildman–Crippen LogP) is 3.55. The van der Waals surface area contributed by atoms with Crippen LogP contribution in [0.3, 0.4) is 0 Å². The highest BCUT2D eigenvalue weighted by Crippen LogP contribution is 2.24. The summed E-state index contributed by atoms with van der Waals surface area (Å²) in [5.74, 6) is 1.54. The van der Waals surface area contributed by atoms with Crippen LogP contribution in [-0.4, -0.2) is 29.5 Å². The molecule has 0 fully saturated rings. The van der Waals surface area contributed by atoms with Gasteiger partial charge in [-0.1, -0.05) is 30.3 Å². The maximum atomic E-state index is 4.63. The molecule has 4 aromatic rings. The van der Waals surface area contributed by atoms with E-state index in [0.29, 0.717) is 24.3 Å². The Morgan fingerprint density at radius 1 is 0.926 bits per heavy atom. The Morgan fingerprint density at radius 2 is 1.70 bits per heavy atom. The van der Waals surface area contributed by atoms with Crippen LogP contribution in [0, 0.1) is 0 Å². The van der Waals surface area contributed by atoms with E-state index >= 15 is 0 Å². The molecule has 8 heteroatoms. The van der Waals surface area contributed by atoms with E-state index in [9.17, 15) is 0 Å². The second kappa shape index (κ2) is 7.36. The van der Waals surface area contributed by atoms with Gasteiger partial charge < -0.3 is 9.88 Å². The van der Waals surface area contributed by atoms with E-state index in [0.717, 1.165) is 16.7 Å². The van der Waals surface area contributed by atoms with E-state index in [4.69, 9.17) is 0 Å². The smallest absolute Gasteiger partial charge is 0.233 e. The highest BCUT2D eigenvalue weighted by Gasteiger charge is 2.15. The van der Waals surface area contributed by atoms with E-state index in [1.54, 1.807) is 24.8 Å². The van der Waals surface area contributed by atoms with Crippen LogP contribution in [0.15, 0.2) is 55.1 Å². The Hall–Kier alpha value is -3.55. The number of imidazole rings is 1. The molecule has 0 aliphatic carbocycles. The van der Waals surface area contributed by atoms with Crippen molar-refractivity contribution < 1.29 is 0 Å². The average molecular weight is 360 g/mol. The topological polar surface area (TPSA) is 93.4 Å². The number of nitrogens with zero attached hydrogens (tertiary/aromatic N) is 6. The summed E-state index contributed by atoms with van der Waals surface area (Å²) in [5, 5.41) is 6.44. The number of aromatic nitrogens is 6. The second-order valence-electron chi connectivity index (χ2n) is 6.35. The first-order chi connectivity index (χ1) is 13.2. The van der Waals surface area contributed by atoms with Gasteiger partial charge in [-0.3, -0.25) is 5.32 Å². The lowest BCUT2D eigenvalue weighted by Gasteiger charge is -2.11. The van der Waals surface area contributed by atoms with Gasteiger partial charge in [-0.25, -0.2) is 15.0 Å². The first kappa shape index (κ1) is 16.9. The van der Waals surface area contributed by atoms with E-state index in [1.807, 2.05) is 22.8 Å². The fourth-order valence-corrected chi connectivity index (χ4v) is 2.72. The minimum Gasteiger partial charge on any atom is -0.364 e. The average Bonchev–Trinajstić information content (AvgIpc) is 3.12. The van der Waals surface area contributed by atoms with Crippen molar-refractivity contribution in [2.24, 2.45) is 0 Å². The molecule has 0 aliphatic rings. The van der Waals surface area contributed by atoms with Crippen molar-refractivity contribution in [3.63, 3.8) is 0 Å². The SMILES string of the molecule is CC(C)n1cnc2c(NCc3ccccc3)nc(Nc3ncccn3)nc21. The van der Waals surface area contributed by atoms with Crippen LogP contribution < -0.4 is 10.6 Å². The molecule has 0 atom stereocenters. The molecule has 1 aromatic carbocycles. The zero-order valence-corrected chi connectivity index (χ0v) is 15.2. The lowest BCUT2D eigenvalue weighted by molar-refractivity contribution is 0.613. The van der Waals surface area contributed by atoms with E-state index in [1.165, 1.54) is 0 Å². The molecule has 0 bridgehead atoms. The van der Waals surface area contributed by atoms with Crippen molar-refractivity contribution in [3.8, 4) is 0 Å². The minimum absolute atomic E-state index is 0.229. The van der Waals surface area contributed by atoms with E-state index in [-0.39, 0.29) is 6.04 Å². The highest BCUT2D eigenvalue weighted by molar-refractivity contribution is 5.84. The Bertz CT molecular complexity index is 1030. The molecule has 0 unspecified atom stereocenters. The molecule has 3 aromatic heterocycles. The molecule has 0 saturated carbocycles. The number of hydrogen-bond donors (Lipinski definition) is 2. The summed E-state index contributed by atoms with van der Waals surface area (Å²) in [4.78, 5) is 22.1. The van der Waals surface area contributed by atoms with Crippen LogP contribution in [0.4, 0.5) is 17.7 Å². The number of hydrogen-bond acceptors (Lipinski definition) is 7. The number of rotatable bonds is 6. The fourth-order valence-electron chi connectivity index (χ4n) is 2.72. The zero-order valence-electron chi connectivity index (χ0n) is 15.2. The van der Waals surface area contributed by atoms with Gasteiger partial charge in [0.25, 0.3) is 0 Å². The first-order valence-electron chi connectivity index (χ1n) is 8.77. The number of anilines is 3. The van der Waals surface area contributed by atoms with Gasteiger partial charge in [-0.15, -0.1) is 0 Å². The molecule has 136 valence electrons. The van der Waals surface area contributed by atoms with Gasteiger partial charge in [0.2, 0.25) is 11.9 Å². The quantitative estimate of drug-likeness (QED) is 0.543. The van der Waals surface area contributed by atoms with Crippen LogP contribution in [0.2, 0.25) is 0 Å². The first-order valence-corrected chi connectivity index (χ1v) is 8.77. The third-order valence-electron chi connectivity index (χ3n) is 4.07. The molecule has 0 radical (unpaired) electrons. The second-order valence-corrected chi connectivity index (χ2v) is 6.35. The third-order valence-corrected chi connectivity index (χ3v) is 4.07. The lowest BCUT2D eigenvalue weighted by atomic mass is 10.2. The largest absolute Gasteiger partial charge is 0.364 e. The van der Waals surface area contributed by atoms with Crippen molar-refractivity contribution in [1.29, 1.82) is 0 Å². The van der Waals surface area contributed by atoms with Crippen molar-refractivity contribution >= 4 is 28.9 Å². The van der Waals surface area contributed by atoms with Crippen molar-refractivity contribution in [2.75, 3.05) is 10.6 Å². The van der Waals surface area contributed by atoms with E-state index < -0.39 is 0 Å². The van der Waals surface area contributed by atoms with Crippen molar-refractivity contribution in [2.45, 2.75) is 26.4 Å². The molecular weight excluding hydrogens is 340 g/mol. The molecule has 0 amide bonds. The number of benzene rings is 1. The van der Waals surface area contributed by atoms with Gasteiger partial charge >= 0.3 is 0 Å². The summed E-state index contributed by atoms with van der Waals surface area (Å²) in [5.41, 5.74) is 2.65. The molecule has 0 aliphatic heterocycles. The number of fused-ring (bicyclic) bond motifs is 1. The maximum absolute atomic E-state index is 4.63. The predicted molar refractivity (Wildman–Crippen MR) is 105 cm³/mol. The molecule has 8 nitrogen and oxygen atoms in total. The Kier molecular flexibility index (Phi) is 4.61. The van der Waals surface area contributed by atoms with Crippen LogP contribution in [0.1, 0.15) is 25.5 Å². The lowest BCUT2D eigenvalue weighted by Crippen LogP contribution is -2.08. The van der Waals surface area contributed by atoms with Crippen molar-refractivity contribution in [1.82, 2.24) is 29.5 Å². The summed E-state index contributed by atoms with van der Waals surface area (Å²) in [6, 6.07) is 12.1. The zero-order chi connectivity index (χ0) is 18.6. The Balaban J connectivity index is 1.71. The maximum Gasteiger partial charge on any atom is 0.233 e. The Labute approximate surface area is 156 Å². The summed E-state index contributed by atoms with van der Waals surface area (Å²) in [6.07, 6.45) is 5.13. The monoisotopic (exact) mass is 360 g/mol. The molecule has 27 heavy (non-hydrogen) atoms. The highest BCUT2D eigenvalue weighted by atomic mass is 15.2. The number of nitrogens with one attached hydrogen (secondary N) is 2. The Morgan fingerprint density at radius 3 is 2.44 bits per heavy atom. The van der Waals surface area contributed by atoms with Crippen LogP contribution in [0.5, 0.6) is 0 Å². The summed E-state index contributed by atoms with van der Waals surface area (Å²) in [7, 11) is 0. The fraction of sp³-hybridized carbons (Fsp3) is 0.211. The van der Waals surface area contributed by atoms with Gasteiger partial charge in [-0.05, 0) is 25.5 Å². The van der Waals surface area contributed by atoms with Gasteiger partial charge in [0.1, 0.15) is 0 Å². The van der Waals surface area contributed by atoms with Crippen LogP contribution >= 0.6 is 0 Å².